The quantitative estimate of drug-likeness (QED) is 0.599. The van der Waals surface area contributed by atoms with Crippen LogP contribution in [-0.4, -0.2) is 33.7 Å². The molecule has 7 nitrogen and oxygen atoms in total. The molecule has 2 heterocycles. The van der Waals surface area contributed by atoms with E-state index in [0.717, 1.165) is 19.4 Å². The molecular weight excluding hydrogens is 236 g/mol. The van der Waals surface area contributed by atoms with Crippen LogP contribution in [0.4, 0.5) is 17.3 Å². The van der Waals surface area contributed by atoms with E-state index in [1.165, 1.54) is 6.07 Å². The van der Waals surface area contributed by atoms with Crippen LogP contribution in [0.2, 0.25) is 0 Å². The van der Waals surface area contributed by atoms with Crippen LogP contribution in [0.5, 0.6) is 0 Å². The molecule has 98 valence electrons. The van der Waals surface area contributed by atoms with Gasteiger partial charge in [0.05, 0.1) is 10.5 Å². The number of nitrogen functional groups attached to an aromatic ring is 1. The van der Waals surface area contributed by atoms with Crippen LogP contribution >= 0.6 is 0 Å². The number of hydrogen-bond donors (Lipinski definition) is 2. The topological polar surface area (TPSA) is 106 Å². The molecular formula is C11H16N4O3. The highest BCUT2D eigenvalue weighted by Crippen LogP contribution is 2.27. The molecule has 1 unspecified atom stereocenters. The van der Waals surface area contributed by atoms with Crippen molar-refractivity contribution in [3.8, 4) is 0 Å². The molecule has 1 aliphatic heterocycles. The summed E-state index contributed by atoms with van der Waals surface area (Å²) in [5.41, 5.74) is 4.61. The average Bonchev–Trinajstić information content (AvgIpc) is 2.27. The second kappa shape index (κ2) is 4.41. The van der Waals surface area contributed by atoms with Crippen LogP contribution in [0.15, 0.2) is 12.1 Å². The first-order valence-corrected chi connectivity index (χ1v) is 5.77. The van der Waals surface area contributed by atoms with Crippen LogP contribution in [0.3, 0.4) is 0 Å². The Labute approximate surface area is 104 Å². The number of rotatable bonds is 2. The van der Waals surface area contributed by atoms with Gasteiger partial charge < -0.3 is 15.7 Å². The highest BCUT2D eigenvalue weighted by molar-refractivity contribution is 5.58. The van der Waals surface area contributed by atoms with Crippen molar-refractivity contribution in [2.75, 3.05) is 23.7 Å². The highest BCUT2D eigenvalue weighted by Gasteiger charge is 2.29. The van der Waals surface area contributed by atoms with E-state index in [1.54, 1.807) is 13.0 Å². The molecule has 1 fully saturated rings. The number of piperidine rings is 1. The Balaban J connectivity index is 2.24. The van der Waals surface area contributed by atoms with E-state index in [4.69, 9.17) is 5.73 Å². The van der Waals surface area contributed by atoms with Gasteiger partial charge in [-0.05, 0) is 25.8 Å². The number of nitro groups is 1. The second-order valence-electron chi connectivity index (χ2n) is 4.85. The predicted octanol–water partition coefficient (Wildman–Crippen LogP) is 0.923. The molecule has 1 aromatic heterocycles. The lowest BCUT2D eigenvalue weighted by Gasteiger charge is -2.37. The Morgan fingerprint density at radius 2 is 2.33 bits per heavy atom. The minimum atomic E-state index is -0.754. The summed E-state index contributed by atoms with van der Waals surface area (Å²) in [7, 11) is 0. The highest BCUT2D eigenvalue weighted by atomic mass is 16.6. The monoisotopic (exact) mass is 252 g/mol. The van der Waals surface area contributed by atoms with Gasteiger partial charge in [-0.25, -0.2) is 4.98 Å². The van der Waals surface area contributed by atoms with E-state index in [0.29, 0.717) is 12.4 Å². The number of nitrogens with two attached hydrogens (primary N) is 1. The van der Waals surface area contributed by atoms with Crippen molar-refractivity contribution >= 4 is 17.3 Å². The molecule has 1 saturated heterocycles. The maximum Gasteiger partial charge on any atom is 0.311 e. The molecule has 0 amide bonds. The number of aliphatic hydroxyl groups is 1. The molecule has 0 radical (unpaired) electrons. The Hall–Kier alpha value is -1.89. The van der Waals surface area contributed by atoms with Crippen LogP contribution in [-0.2, 0) is 0 Å². The number of nitrogens with zero attached hydrogens (tertiary/aromatic N) is 3. The summed E-state index contributed by atoms with van der Waals surface area (Å²) in [6.07, 6.45) is 1.59. The Bertz CT molecular complexity index is 475. The molecule has 18 heavy (non-hydrogen) atoms. The van der Waals surface area contributed by atoms with E-state index < -0.39 is 10.5 Å². The van der Waals surface area contributed by atoms with E-state index in [9.17, 15) is 15.2 Å². The van der Waals surface area contributed by atoms with Crippen LogP contribution < -0.4 is 10.6 Å². The van der Waals surface area contributed by atoms with Crippen LogP contribution in [0, 0.1) is 10.1 Å². The average molecular weight is 252 g/mol. The summed E-state index contributed by atoms with van der Waals surface area (Å²) >= 11 is 0. The van der Waals surface area contributed by atoms with Crippen molar-refractivity contribution < 1.29 is 10.0 Å². The first-order chi connectivity index (χ1) is 8.39. The van der Waals surface area contributed by atoms with Crippen LogP contribution in [0.1, 0.15) is 19.8 Å². The summed E-state index contributed by atoms with van der Waals surface area (Å²) in [5, 5.41) is 20.7. The lowest BCUT2D eigenvalue weighted by Crippen LogP contribution is -2.46. The summed E-state index contributed by atoms with van der Waals surface area (Å²) in [5.74, 6) is 0.473. The lowest BCUT2D eigenvalue weighted by molar-refractivity contribution is -0.384. The molecule has 0 saturated carbocycles. The van der Waals surface area contributed by atoms with Gasteiger partial charge in [-0.3, -0.25) is 10.1 Å². The van der Waals surface area contributed by atoms with Gasteiger partial charge >= 0.3 is 5.69 Å². The van der Waals surface area contributed by atoms with Gasteiger partial charge in [-0.1, -0.05) is 0 Å². The fraction of sp³-hybridized carbons (Fsp3) is 0.545. The summed E-state index contributed by atoms with van der Waals surface area (Å²) in [6.45, 7) is 2.99. The third-order valence-electron chi connectivity index (χ3n) is 3.08. The third-order valence-corrected chi connectivity index (χ3v) is 3.08. The minimum Gasteiger partial charge on any atom is -0.388 e. The van der Waals surface area contributed by atoms with Crippen LogP contribution in [0.25, 0.3) is 0 Å². The van der Waals surface area contributed by atoms with Gasteiger partial charge in [0, 0.05) is 19.2 Å². The number of hydrogen-bond acceptors (Lipinski definition) is 6. The van der Waals surface area contributed by atoms with Crippen molar-refractivity contribution in [2.45, 2.75) is 25.4 Å². The Morgan fingerprint density at radius 3 is 2.89 bits per heavy atom. The maximum absolute atomic E-state index is 10.6. The van der Waals surface area contributed by atoms with Gasteiger partial charge in [0.25, 0.3) is 0 Å². The fourth-order valence-electron chi connectivity index (χ4n) is 2.20. The van der Waals surface area contributed by atoms with Gasteiger partial charge in [0.15, 0.2) is 0 Å². The van der Waals surface area contributed by atoms with Crippen molar-refractivity contribution in [3.63, 3.8) is 0 Å². The molecule has 3 N–H and O–H groups in total. The largest absolute Gasteiger partial charge is 0.388 e. The molecule has 0 bridgehead atoms. The summed E-state index contributed by atoms with van der Waals surface area (Å²) < 4.78 is 0. The molecule has 0 spiro atoms. The second-order valence-corrected chi connectivity index (χ2v) is 4.85. The molecule has 0 aromatic carbocycles. The van der Waals surface area contributed by atoms with Crippen molar-refractivity contribution in [3.05, 3.63) is 22.2 Å². The predicted molar refractivity (Wildman–Crippen MR) is 67.4 cm³/mol. The maximum atomic E-state index is 10.6. The fourth-order valence-corrected chi connectivity index (χ4v) is 2.20. The zero-order valence-corrected chi connectivity index (χ0v) is 10.2. The van der Waals surface area contributed by atoms with Crippen molar-refractivity contribution in [2.24, 2.45) is 0 Å². The molecule has 7 heteroatoms. The standard InChI is InChI=1S/C11H16N4O3/c1-11(16)5-2-6-14(7-11)9-4-3-8(15(17)18)10(12)13-9/h3-4,16H,2,5-7H2,1H3,(H2,12,13). The normalized spacial score (nSPS) is 24.0. The SMILES string of the molecule is CC1(O)CCCN(c2ccc([N+](=O)[O-])c(N)n2)C1. The number of β-amino-alcohol motifs (C(OH)–C–C–N with tert-alkyl or cyclic N) is 1. The summed E-state index contributed by atoms with van der Waals surface area (Å²) in [4.78, 5) is 16.0. The molecule has 0 aliphatic carbocycles. The van der Waals surface area contributed by atoms with Gasteiger partial charge in [0.1, 0.15) is 5.82 Å². The third kappa shape index (κ3) is 2.51. The molecule has 1 aliphatic rings. The Morgan fingerprint density at radius 1 is 1.61 bits per heavy atom. The van der Waals surface area contributed by atoms with E-state index in [1.807, 2.05) is 4.90 Å². The molecule has 1 atom stereocenters. The molecule has 2 rings (SSSR count). The number of anilines is 2. The van der Waals surface area contributed by atoms with Crippen molar-refractivity contribution in [1.29, 1.82) is 0 Å². The first-order valence-electron chi connectivity index (χ1n) is 5.77. The summed E-state index contributed by atoms with van der Waals surface area (Å²) in [6, 6.07) is 2.91. The van der Waals surface area contributed by atoms with E-state index in [2.05, 4.69) is 4.98 Å². The van der Waals surface area contributed by atoms with E-state index >= 15 is 0 Å². The van der Waals surface area contributed by atoms with E-state index in [-0.39, 0.29) is 11.5 Å². The van der Waals surface area contributed by atoms with Gasteiger partial charge in [-0.2, -0.15) is 0 Å². The van der Waals surface area contributed by atoms with Gasteiger partial charge in [-0.15, -0.1) is 0 Å². The number of aromatic nitrogens is 1. The first kappa shape index (κ1) is 12.6. The lowest BCUT2D eigenvalue weighted by atomic mass is 9.95. The van der Waals surface area contributed by atoms with Crippen molar-refractivity contribution in [1.82, 2.24) is 4.98 Å². The molecule has 1 aromatic rings. The van der Waals surface area contributed by atoms with Gasteiger partial charge in [0.2, 0.25) is 5.82 Å². The minimum absolute atomic E-state index is 0.0947. The zero-order valence-electron chi connectivity index (χ0n) is 10.2. The smallest absolute Gasteiger partial charge is 0.311 e. The number of pyridine rings is 1. The zero-order chi connectivity index (χ0) is 13.3. The Kier molecular flexibility index (Phi) is 3.08.